The molecule has 1 saturated heterocycles. The van der Waals surface area contributed by atoms with Gasteiger partial charge in [-0.1, -0.05) is 18.2 Å². The predicted molar refractivity (Wildman–Crippen MR) is 160 cm³/mol. The van der Waals surface area contributed by atoms with Crippen LogP contribution in [0.3, 0.4) is 0 Å². The zero-order chi connectivity index (χ0) is 30.0. The Morgan fingerprint density at radius 2 is 1.83 bits per heavy atom. The van der Waals surface area contributed by atoms with Gasteiger partial charge in [0.05, 0.1) is 37.0 Å². The predicted octanol–water partition coefficient (Wildman–Crippen LogP) is 3.23. The van der Waals surface area contributed by atoms with Gasteiger partial charge in [0.2, 0.25) is 11.8 Å². The molecule has 0 saturated carbocycles. The number of aromatic nitrogens is 3. The molecule has 4 aromatic rings. The first-order valence-electron chi connectivity index (χ1n) is 13.7. The van der Waals surface area contributed by atoms with Crippen LogP contribution in [0.2, 0.25) is 0 Å². The number of benzene rings is 1. The zero-order valence-electron chi connectivity index (χ0n) is 24.2. The van der Waals surface area contributed by atoms with E-state index in [-0.39, 0.29) is 23.5 Å². The van der Waals surface area contributed by atoms with Crippen molar-refractivity contribution >= 4 is 33.5 Å². The van der Waals surface area contributed by atoms with E-state index in [0.717, 1.165) is 23.7 Å². The Kier molecular flexibility index (Phi) is 8.36. The highest BCUT2D eigenvalue weighted by Crippen LogP contribution is 2.41. The summed E-state index contributed by atoms with van der Waals surface area (Å²) in [5.74, 6) is 6.25. The highest BCUT2D eigenvalue weighted by atomic mass is 19.1. The molecule has 11 nitrogen and oxygen atoms in total. The van der Waals surface area contributed by atoms with Crippen molar-refractivity contribution in [3.05, 3.63) is 83.1 Å². The lowest BCUT2D eigenvalue weighted by molar-refractivity contribution is 0.0547. The summed E-state index contributed by atoms with van der Waals surface area (Å²) in [6.07, 6.45) is 3.23. The second-order valence-electron chi connectivity index (χ2n) is 10.2. The summed E-state index contributed by atoms with van der Waals surface area (Å²) in [7, 11) is 6.40. The van der Waals surface area contributed by atoms with Crippen LogP contribution >= 0.6 is 0 Å². The standard InChI is InChI=1S/C30H37FN8O3/c1-35-24(28(32)40-3)18-15-23-25(36-16-18)20-9-10-22(27(38(2)34)29(33)41-4)37-30(20)39(23)26(17-11-13-42-14-12-17)19-7-5-6-8-21(19)31/h5-10,15-17,26,35H,11-14,32-34H2,1-4H3/b28-24+,29-27+/t26-/m0/s1. The van der Waals surface area contributed by atoms with Crippen molar-refractivity contribution < 1.29 is 18.6 Å². The number of nitrogens with zero attached hydrogens (tertiary/aromatic N) is 4. The van der Waals surface area contributed by atoms with Gasteiger partial charge in [-0.15, -0.1) is 0 Å². The van der Waals surface area contributed by atoms with E-state index in [9.17, 15) is 0 Å². The van der Waals surface area contributed by atoms with Gasteiger partial charge < -0.3 is 40.6 Å². The second-order valence-corrected chi connectivity index (χ2v) is 10.2. The van der Waals surface area contributed by atoms with Crippen LogP contribution in [0.1, 0.15) is 35.7 Å². The van der Waals surface area contributed by atoms with Gasteiger partial charge in [0.25, 0.3) is 0 Å². The molecule has 1 aliphatic rings. The van der Waals surface area contributed by atoms with Gasteiger partial charge in [-0.05, 0) is 43.0 Å². The molecule has 0 spiro atoms. The Morgan fingerprint density at radius 3 is 2.48 bits per heavy atom. The number of hydrogen-bond acceptors (Lipinski definition) is 10. The lowest BCUT2D eigenvalue weighted by atomic mass is 9.86. The van der Waals surface area contributed by atoms with E-state index in [1.165, 1.54) is 25.3 Å². The first kappa shape index (κ1) is 29.0. The van der Waals surface area contributed by atoms with Gasteiger partial charge in [-0.2, -0.15) is 0 Å². The second kappa shape index (κ2) is 12.1. The molecule has 1 atom stereocenters. The fourth-order valence-electron chi connectivity index (χ4n) is 5.77. The maximum Gasteiger partial charge on any atom is 0.211 e. The Morgan fingerprint density at radius 1 is 1.12 bits per heavy atom. The molecule has 12 heteroatoms. The molecule has 42 heavy (non-hydrogen) atoms. The normalized spacial score (nSPS) is 16.1. The SMILES string of the molecule is CN/C(=C(\N)OC)c1cnc2c3ccc(/C(=C(/N)OC)N(C)N)nc3n([C@H](c3ccccc3F)C3CCOCC3)c2c1. The van der Waals surface area contributed by atoms with Gasteiger partial charge in [0.15, 0.2) is 0 Å². The fourth-order valence-corrected chi connectivity index (χ4v) is 5.77. The lowest BCUT2D eigenvalue weighted by Crippen LogP contribution is -2.29. The van der Waals surface area contributed by atoms with Gasteiger partial charge in [-0.3, -0.25) is 4.98 Å². The smallest absolute Gasteiger partial charge is 0.211 e. The quantitative estimate of drug-likeness (QED) is 0.133. The summed E-state index contributed by atoms with van der Waals surface area (Å²) >= 11 is 0. The number of pyridine rings is 2. The minimum atomic E-state index is -0.417. The van der Waals surface area contributed by atoms with E-state index in [2.05, 4.69) is 9.88 Å². The molecule has 1 fully saturated rings. The van der Waals surface area contributed by atoms with Crippen LogP contribution in [0.15, 0.2) is 60.4 Å². The molecule has 7 N–H and O–H groups in total. The summed E-state index contributed by atoms with van der Waals surface area (Å²) < 4.78 is 34.1. The van der Waals surface area contributed by atoms with Gasteiger partial charge in [0.1, 0.15) is 22.9 Å². The van der Waals surface area contributed by atoms with E-state index in [1.54, 1.807) is 26.4 Å². The van der Waals surface area contributed by atoms with Crippen LogP contribution in [-0.4, -0.2) is 61.1 Å². The molecule has 0 radical (unpaired) electrons. The summed E-state index contributed by atoms with van der Waals surface area (Å²) in [5, 5.41) is 5.26. The van der Waals surface area contributed by atoms with Gasteiger partial charge >= 0.3 is 0 Å². The number of methoxy groups -OCH3 is 2. The fraction of sp³-hybridized carbons (Fsp3) is 0.333. The summed E-state index contributed by atoms with van der Waals surface area (Å²) in [6.45, 7) is 1.17. The van der Waals surface area contributed by atoms with Crippen molar-refractivity contribution in [1.29, 1.82) is 0 Å². The minimum absolute atomic E-state index is 0.0585. The number of hydrogen-bond donors (Lipinski definition) is 4. The van der Waals surface area contributed by atoms with E-state index in [0.29, 0.717) is 52.6 Å². The molecule has 0 bridgehead atoms. The van der Waals surface area contributed by atoms with Crippen molar-refractivity contribution in [3.63, 3.8) is 0 Å². The largest absolute Gasteiger partial charge is 0.481 e. The highest BCUT2D eigenvalue weighted by molar-refractivity contribution is 6.05. The molecular formula is C30H37FN8O3. The van der Waals surface area contributed by atoms with Crippen molar-refractivity contribution in [2.45, 2.75) is 18.9 Å². The average molecular weight is 577 g/mol. The third kappa shape index (κ3) is 5.14. The molecule has 0 aliphatic carbocycles. The van der Waals surface area contributed by atoms with Crippen LogP contribution in [0, 0.1) is 11.7 Å². The van der Waals surface area contributed by atoms with E-state index in [4.69, 9.17) is 41.5 Å². The molecule has 0 amide bonds. The third-order valence-corrected chi connectivity index (χ3v) is 7.75. The Balaban J connectivity index is 1.90. The van der Waals surface area contributed by atoms with Gasteiger partial charge in [0, 0.05) is 50.0 Å². The Labute approximate surface area is 243 Å². The summed E-state index contributed by atoms with van der Waals surface area (Å²) in [4.78, 5) is 9.93. The number of fused-ring (bicyclic) bond motifs is 3. The van der Waals surface area contributed by atoms with E-state index >= 15 is 4.39 Å². The number of ether oxygens (including phenoxy) is 3. The van der Waals surface area contributed by atoms with Crippen LogP contribution in [0.25, 0.3) is 33.5 Å². The van der Waals surface area contributed by atoms with Crippen LogP contribution in [0.5, 0.6) is 0 Å². The van der Waals surface area contributed by atoms with Crippen LogP contribution in [0.4, 0.5) is 4.39 Å². The first-order chi connectivity index (χ1) is 20.3. The topological polar surface area (TPSA) is 152 Å². The number of hydrazine groups is 1. The summed E-state index contributed by atoms with van der Waals surface area (Å²) in [5.41, 5.74) is 17.2. The average Bonchev–Trinajstić information content (AvgIpc) is 3.31. The molecule has 1 aliphatic heterocycles. The van der Waals surface area contributed by atoms with Crippen molar-refractivity contribution in [2.24, 2.45) is 23.2 Å². The van der Waals surface area contributed by atoms with Crippen LogP contribution < -0.4 is 22.6 Å². The monoisotopic (exact) mass is 576 g/mol. The molecule has 0 unspecified atom stereocenters. The number of halogens is 1. The molecule has 3 aromatic heterocycles. The molecule has 5 rings (SSSR count). The molecule has 1 aromatic carbocycles. The number of nitrogens with one attached hydrogen (secondary N) is 1. The van der Waals surface area contributed by atoms with Crippen molar-refractivity contribution in [2.75, 3.05) is 41.5 Å². The maximum absolute atomic E-state index is 15.7. The van der Waals surface area contributed by atoms with E-state index < -0.39 is 6.04 Å². The summed E-state index contributed by atoms with van der Waals surface area (Å²) in [6, 6.07) is 12.2. The van der Waals surface area contributed by atoms with E-state index in [1.807, 2.05) is 30.3 Å². The Hall–Kier alpha value is -4.55. The first-order valence-corrected chi connectivity index (χ1v) is 13.7. The van der Waals surface area contributed by atoms with Crippen molar-refractivity contribution in [3.8, 4) is 0 Å². The number of nitrogens with two attached hydrogens (primary N) is 3. The maximum atomic E-state index is 15.7. The minimum Gasteiger partial charge on any atom is -0.481 e. The van der Waals surface area contributed by atoms with Crippen molar-refractivity contribution in [1.82, 2.24) is 24.9 Å². The molecule has 222 valence electrons. The van der Waals surface area contributed by atoms with Gasteiger partial charge in [-0.25, -0.2) is 15.2 Å². The highest BCUT2D eigenvalue weighted by Gasteiger charge is 2.33. The van der Waals surface area contributed by atoms with Crippen LogP contribution in [-0.2, 0) is 14.2 Å². The zero-order valence-corrected chi connectivity index (χ0v) is 24.2. The molecule has 4 heterocycles. The Bertz CT molecular complexity index is 1660. The molecular weight excluding hydrogens is 539 g/mol. The third-order valence-electron chi connectivity index (χ3n) is 7.75. The lowest BCUT2D eigenvalue weighted by Gasteiger charge is -2.33. The number of rotatable bonds is 9.